The van der Waals surface area contributed by atoms with E-state index in [0.29, 0.717) is 22.7 Å². The van der Waals surface area contributed by atoms with Gasteiger partial charge in [-0.2, -0.15) is 0 Å². The average Bonchev–Trinajstić information content (AvgIpc) is 2.66. The Balaban J connectivity index is 1.91. The second kappa shape index (κ2) is 5.81. The second-order valence-electron chi connectivity index (χ2n) is 5.40. The zero-order chi connectivity index (χ0) is 14.0. The number of aromatic amines is 1. The molecule has 1 aromatic heterocycles. The zero-order valence-corrected chi connectivity index (χ0v) is 12.4. The first-order valence-electron chi connectivity index (χ1n) is 6.49. The van der Waals surface area contributed by atoms with Gasteiger partial charge in [-0.1, -0.05) is 25.6 Å². The normalized spacial score (nSPS) is 23.6. The van der Waals surface area contributed by atoms with Gasteiger partial charge in [0.15, 0.2) is 5.16 Å². The van der Waals surface area contributed by atoms with Crippen LogP contribution in [0.3, 0.4) is 0 Å². The molecule has 1 saturated heterocycles. The van der Waals surface area contributed by atoms with Crippen LogP contribution in [0.4, 0.5) is 0 Å². The zero-order valence-electron chi connectivity index (χ0n) is 11.5. The maximum absolute atomic E-state index is 12.2. The minimum Gasteiger partial charge on any atom is -0.341 e. The molecule has 19 heavy (non-hydrogen) atoms. The Morgan fingerprint density at radius 2 is 2.05 bits per heavy atom. The van der Waals surface area contributed by atoms with Crippen LogP contribution in [-0.4, -0.2) is 44.4 Å². The molecule has 1 aliphatic heterocycles. The summed E-state index contributed by atoms with van der Waals surface area (Å²) in [6.45, 7) is 6.04. The maximum Gasteiger partial charge on any atom is 0.343 e. The molecular formula is C12H20N4O2S. The molecule has 106 valence electrons. The fraction of sp³-hybridized carbons (Fsp3) is 0.750. The van der Waals surface area contributed by atoms with Crippen LogP contribution in [0.25, 0.3) is 0 Å². The van der Waals surface area contributed by atoms with Gasteiger partial charge in [0, 0.05) is 20.1 Å². The summed E-state index contributed by atoms with van der Waals surface area (Å²) in [5.41, 5.74) is -0.254. The van der Waals surface area contributed by atoms with E-state index >= 15 is 0 Å². The Morgan fingerprint density at radius 1 is 1.42 bits per heavy atom. The first-order valence-corrected chi connectivity index (χ1v) is 7.48. The quantitative estimate of drug-likeness (QED) is 0.830. The van der Waals surface area contributed by atoms with E-state index in [2.05, 4.69) is 24.0 Å². The average molecular weight is 284 g/mol. The highest BCUT2D eigenvalue weighted by molar-refractivity contribution is 7.99. The number of carbonyl (C=O) groups is 1. The Labute approximate surface area is 116 Å². The lowest BCUT2D eigenvalue weighted by Gasteiger charge is -2.34. The lowest BCUT2D eigenvalue weighted by Crippen LogP contribution is -2.43. The van der Waals surface area contributed by atoms with Crippen LogP contribution >= 0.6 is 11.8 Å². The Bertz CT molecular complexity index is 500. The SMILES string of the molecule is CC1CC(C)CN(C(=O)CSc2n[nH]c(=O)n2C)C1. The molecule has 0 spiro atoms. The van der Waals surface area contributed by atoms with Gasteiger partial charge in [0.2, 0.25) is 5.91 Å². The van der Waals surface area contributed by atoms with Crippen molar-refractivity contribution in [2.24, 2.45) is 18.9 Å². The van der Waals surface area contributed by atoms with Crippen LogP contribution in [-0.2, 0) is 11.8 Å². The number of hydrogen-bond donors (Lipinski definition) is 1. The van der Waals surface area contributed by atoms with Gasteiger partial charge in [-0.05, 0) is 18.3 Å². The van der Waals surface area contributed by atoms with E-state index in [4.69, 9.17) is 0 Å². The van der Waals surface area contributed by atoms with Gasteiger partial charge in [-0.3, -0.25) is 9.36 Å². The first-order chi connectivity index (χ1) is 8.97. The van der Waals surface area contributed by atoms with Crippen LogP contribution in [0, 0.1) is 11.8 Å². The Hall–Kier alpha value is -1.24. The summed E-state index contributed by atoms with van der Waals surface area (Å²) in [5, 5.41) is 6.80. The number of piperidine rings is 1. The molecule has 2 heterocycles. The van der Waals surface area contributed by atoms with E-state index in [1.165, 1.54) is 22.7 Å². The third-order valence-corrected chi connectivity index (χ3v) is 4.40. The molecule has 0 radical (unpaired) electrons. The number of thioether (sulfide) groups is 1. The molecule has 1 amide bonds. The van der Waals surface area contributed by atoms with Gasteiger partial charge in [0.25, 0.3) is 0 Å². The van der Waals surface area contributed by atoms with Crippen LogP contribution in [0.15, 0.2) is 9.95 Å². The van der Waals surface area contributed by atoms with Crippen molar-refractivity contribution < 1.29 is 4.79 Å². The molecular weight excluding hydrogens is 264 g/mol. The molecule has 0 aliphatic carbocycles. The number of rotatable bonds is 3. The number of H-pyrrole nitrogens is 1. The summed E-state index contributed by atoms with van der Waals surface area (Å²) in [7, 11) is 1.64. The summed E-state index contributed by atoms with van der Waals surface area (Å²) < 4.78 is 1.42. The lowest BCUT2D eigenvalue weighted by molar-refractivity contribution is -0.130. The third-order valence-electron chi connectivity index (χ3n) is 3.39. The van der Waals surface area contributed by atoms with Gasteiger partial charge < -0.3 is 4.90 Å². The van der Waals surface area contributed by atoms with Gasteiger partial charge >= 0.3 is 5.69 Å². The van der Waals surface area contributed by atoms with Crippen LogP contribution in [0.5, 0.6) is 0 Å². The minimum absolute atomic E-state index is 0.124. The highest BCUT2D eigenvalue weighted by Crippen LogP contribution is 2.22. The topological polar surface area (TPSA) is 71.0 Å². The van der Waals surface area contributed by atoms with Gasteiger partial charge in [0.05, 0.1) is 5.75 Å². The number of nitrogens with one attached hydrogen (secondary N) is 1. The van der Waals surface area contributed by atoms with Crippen LogP contribution in [0.1, 0.15) is 20.3 Å². The molecule has 2 rings (SSSR count). The van der Waals surface area contributed by atoms with E-state index in [0.717, 1.165) is 13.1 Å². The predicted octanol–water partition coefficient (Wildman–Crippen LogP) is 0.705. The first kappa shape index (κ1) is 14.2. The minimum atomic E-state index is -0.254. The summed E-state index contributed by atoms with van der Waals surface area (Å²) in [5.74, 6) is 1.58. The summed E-state index contributed by atoms with van der Waals surface area (Å²) in [4.78, 5) is 25.3. The smallest absolute Gasteiger partial charge is 0.341 e. The number of likely N-dealkylation sites (tertiary alicyclic amines) is 1. The van der Waals surface area contributed by atoms with Crippen LogP contribution in [0.2, 0.25) is 0 Å². The highest BCUT2D eigenvalue weighted by Gasteiger charge is 2.25. The van der Waals surface area contributed by atoms with Crippen molar-refractivity contribution in [3.63, 3.8) is 0 Å². The van der Waals surface area contributed by atoms with Crippen molar-refractivity contribution in [1.82, 2.24) is 19.7 Å². The molecule has 1 N–H and O–H groups in total. The molecule has 0 saturated carbocycles. The van der Waals surface area contributed by atoms with E-state index in [1.807, 2.05) is 4.90 Å². The lowest BCUT2D eigenvalue weighted by atomic mass is 9.92. The van der Waals surface area contributed by atoms with Crippen LogP contribution < -0.4 is 5.69 Å². The van der Waals surface area contributed by atoms with Crippen molar-refractivity contribution in [2.75, 3.05) is 18.8 Å². The van der Waals surface area contributed by atoms with Crippen molar-refractivity contribution >= 4 is 17.7 Å². The molecule has 0 aromatic carbocycles. The number of carbonyl (C=O) groups excluding carboxylic acids is 1. The van der Waals surface area contributed by atoms with Crippen molar-refractivity contribution in [3.8, 4) is 0 Å². The largest absolute Gasteiger partial charge is 0.343 e. The molecule has 2 atom stereocenters. The molecule has 0 bridgehead atoms. The van der Waals surface area contributed by atoms with E-state index in [-0.39, 0.29) is 11.6 Å². The molecule has 6 nitrogen and oxygen atoms in total. The maximum atomic E-state index is 12.2. The second-order valence-corrected chi connectivity index (χ2v) is 6.35. The standard InChI is InChI=1S/C12H20N4O2S/c1-8-4-9(2)6-16(5-8)10(17)7-19-12-14-13-11(18)15(12)3/h8-9H,4-7H2,1-3H3,(H,13,18). The Morgan fingerprint density at radius 3 is 2.58 bits per heavy atom. The number of nitrogens with zero attached hydrogens (tertiary/aromatic N) is 3. The summed E-state index contributed by atoms with van der Waals surface area (Å²) in [6.07, 6.45) is 1.19. The fourth-order valence-electron chi connectivity index (χ4n) is 2.55. The third kappa shape index (κ3) is 3.40. The van der Waals surface area contributed by atoms with Gasteiger partial charge in [0.1, 0.15) is 0 Å². The van der Waals surface area contributed by atoms with Crippen molar-refractivity contribution in [3.05, 3.63) is 10.5 Å². The number of amides is 1. The molecule has 7 heteroatoms. The van der Waals surface area contributed by atoms with E-state index in [1.54, 1.807) is 7.05 Å². The van der Waals surface area contributed by atoms with E-state index < -0.39 is 0 Å². The molecule has 1 aromatic rings. The summed E-state index contributed by atoms with van der Waals surface area (Å²) in [6, 6.07) is 0. The van der Waals surface area contributed by atoms with E-state index in [9.17, 15) is 9.59 Å². The predicted molar refractivity (Wildman–Crippen MR) is 74.1 cm³/mol. The molecule has 1 fully saturated rings. The number of hydrogen-bond acceptors (Lipinski definition) is 4. The Kier molecular flexibility index (Phi) is 4.34. The summed E-state index contributed by atoms with van der Waals surface area (Å²) >= 11 is 1.30. The fourth-order valence-corrected chi connectivity index (χ4v) is 3.37. The van der Waals surface area contributed by atoms with Gasteiger partial charge in [-0.15, -0.1) is 5.10 Å². The molecule has 1 aliphatic rings. The van der Waals surface area contributed by atoms with Gasteiger partial charge in [-0.25, -0.2) is 9.89 Å². The molecule has 2 unspecified atom stereocenters. The van der Waals surface area contributed by atoms with Crippen molar-refractivity contribution in [1.29, 1.82) is 0 Å². The van der Waals surface area contributed by atoms with Crippen molar-refractivity contribution in [2.45, 2.75) is 25.4 Å². The monoisotopic (exact) mass is 284 g/mol. The highest BCUT2D eigenvalue weighted by atomic mass is 32.2. The number of aromatic nitrogens is 3.